The van der Waals surface area contributed by atoms with Crippen molar-refractivity contribution in [3.63, 3.8) is 0 Å². The first-order valence-corrected chi connectivity index (χ1v) is 11.1. The molecule has 1 saturated heterocycles. The normalized spacial score (nSPS) is 15.8. The fourth-order valence-electron chi connectivity index (χ4n) is 4.55. The van der Waals surface area contributed by atoms with Crippen LogP contribution < -0.4 is 5.56 Å². The van der Waals surface area contributed by atoms with Gasteiger partial charge in [0.05, 0.1) is 17.8 Å². The van der Waals surface area contributed by atoms with Gasteiger partial charge in [-0.1, -0.05) is 30.3 Å². The number of ether oxygens (including phenoxy) is 1. The molecule has 0 aliphatic carbocycles. The zero-order valence-corrected chi connectivity index (χ0v) is 18.7. The average molecular weight is 430 g/mol. The SMILES string of the molecule is Cc1cc(-c2nc3cnc(C4CCOCC4)cc3n2[C@@H](C)c2ccccc2)nn(C)c1=O. The first-order chi connectivity index (χ1) is 15.5. The highest BCUT2D eigenvalue weighted by molar-refractivity contribution is 5.80. The summed E-state index contributed by atoms with van der Waals surface area (Å²) in [5.74, 6) is 1.13. The van der Waals surface area contributed by atoms with Crippen molar-refractivity contribution in [2.45, 2.75) is 38.6 Å². The number of rotatable bonds is 4. The second kappa shape index (κ2) is 8.31. The lowest BCUT2D eigenvalue weighted by atomic mass is 9.96. The van der Waals surface area contributed by atoms with Crippen LogP contribution in [0.1, 0.15) is 48.5 Å². The highest BCUT2D eigenvalue weighted by Gasteiger charge is 2.23. The maximum Gasteiger partial charge on any atom is 0.269 e. The molecule has 0 radical (unpaired) electrons. The van der Waals surface area contributed by atoms with E-state index in [1.54, 1.807) is 7.05 Å². The third-order valence-corrected chi connectivity index (χ3v) is 6.38. The number of pyridine rings is 1. The van der Waals surface area contributed by atoms with Gasteiger partial charge in [-0.05, 0) is 44.4 Å². The molecule has 0 amide bonds. The van der Waals surface area contributed by atoms with Gasteiger partial charge in [0.2, 0.25) is 0 Å². The summed E-state index contributed by atoms with van der Waals surface area (Å²) in [6.45, 7) is 5.53. The van der Waals surface area contributed by atoms with Crippen molar-refractivity contribution in [3.05, 3.63) is 75.8 Å². The molecule has 32 heavy (non-hydrogen) atoms. The summed E-state index contributed by atoms with van der Waals surface area (Å²) in [5, 5.41) is 4.53. The zero-order chi connectivity index (χ0) is 22.2. The molecular formula is C25H27N5O2. The molecule has 1 aliphatic heterocycles. The Balaban J connectivity index is 1.73. The number of hydrogen-bond donors (Lipinski definition) is 0. The van der Waals surface area contributed by atoms with Gasteiger partial charge < -0.3 is 9.30 Å². The predicted molar refractivity (Wildman–Crippen MR) is 124 cm³/mol. The standard InChI is InChI=1S/C25H27N5O2/c1-16-13-21(28-29(3)25(16)31)24-27-22-15-26-20(19-9-11-32-12-10-19)14-23(22)30(24)17(2)18-7-5-4-6-8-18/h4-8,13-15,17,19H,9-12H2,1-3H3/t17-/m0/s1. The molecule has 1 aliphatic rings. The Hall–Kier alpha value is -3.32. The van der Waals surface area contributed by atoms with Crippen LogP contribution in [0.15, 0.2) is 53.5 Å². The average Bonchev–Trinajstić information content (AvgIpc) is 3.21. The number of imidazole rings is 1. The van der Waals surface area contributed by atoms with Gasteiger partial charge in [0.15, 0.2) is 5.82 Å². The van der Waals surface area contributed by atoms with Crippen LogP contribution in [-0.2, 0) is 11.8 Å². The minimum Gasteiger partial charge on any atom is -0.381 e. The Kier molecular flexibility index (Phi) is 5.35. The first-order valence-electron chi connectivity index (χ1n) is 11.1. The Labute approximate surface area is 186 Å². The molecule has 3 aromatic heterocycles. The molecular weight excluding hydrogens is 402 g/mol. The number of fused-ring (bicyclic) bond motifs is 1. The van der Waals surface area contributed by atoms with Crippen molar-refractivity contribution >= 4 is 11.0 Å². The number of nitrogens with zero attached hydrogens (tertiary/aromatic N) is 5. The summed E-state index contributed by atoms with van der Waals surface area (Å²) >= 11 is 0. The molecule has 0 unspecified atom stereocenters. The van der Waals surface area contributed by atoms with Gasteiger partial charge in [-0.15, -0.1) is 0 Å². The highest BCUT2D eigenvalue weighted by Crippen LogP contribution is 2.33. The number of aromatic nitrogens is 5. The van der Waals surface area contributed by atoms with Crippen LogP contribution in [-0.4, -0.2) is 37.5 Å². The van der Waals surface area contributed by atoms with E-state index in [2.05, 4.69) is 34.8 Å². The third kappa shape index (κ3) is 3.62. The van der Waals surface area contributed by atoms with Crippen molar-refractivity contribution < 1.29 is 4.74 Å². The van der Waals surface area contributed by atoms with E-state index in [-0.39, 0.29) is 11.6 Å². The summed E-state index contributed by atoms with van der Waals surface area (Å²) in [6.07, 6.45) is 3.83. The molecule has 4 heterocycles. The van der Waals surface area contributed by atoms with Gasteiger partial charge in [0.25, 0.3) is 5.56 Å². The second-order valence-electron chi connectivity index (χ2n) is 8.52. The second-order valence-corrected chi connectivity index (χ2v) is 8.52. The number of benzene rings is 1. The summed E-state index contributed by atoms with van der Waals surface area (Å²) in [5.41, 5.74) is 5.34. The summed E-state index contributed by atoms with van der Waals surface area (Å²) in [4.78, 5) is 21.9. The lowest BCUT2D eigenvalue weighted by molar-refractivity contribution is 0.0845. The molecule has 7 nitrogen and oxygen atoms in total. The van der Waals surface area contributed by atoms with Crippen LogP contribution in [0.5, 0.6) is 0 Å². The fraction of sp³-hybridized carbons (Fsp3) is 0.360. The molecule has 4 aromatic rings. The van der Waals surface area contributed by atoms with Crippen LogP contribution in [0.3, 0.4) is 0 Å². The molecule has 164 valence electrons. The monoisotopic (exact) mass is 429 g/mol. The molecule has 1 fully saturated rings. The fourth-order valence-corrected chi connectivity index (χ4v) is 4.55. The third-order valence-electron chi connectivity index (χ3n) is 6.38. The van der Waals surface area contributed by atoms with Crippen LogP contribution in [0.2, 0.25) is 0 Å². The molecule has 1 atom stereocenters. The predicted octanol–water partition coefficient (Wildman–Crippen LogP) is 4.00. The van der Waals surface area contributed by atoms with Crippen molar-refractivity contribution in [2.75, 3.05) is 13.2 Å². The van der Waals surface area contributed by atoms with Crippen LogP contribution in [0.4, 0.5) is 0 Å². The van der Waals surface area contributed by atoms with E-state index < -0.39 is 0 Å². The van der Waals surface area contributed by atoms with Gasteiger partial charge in [-0.3, -0.25) is 9.78 Å². The van der Waals surface area contributed by atoms with Crippen LogP contribution >= 0.6 is 0 Å². The lowest BCUT2D eigenvalue weighted by Gasteiger charge is -2.22. The molecule has 0 N–H and O–H groups in total. The molecule has 0 spiro atoms. The van der Waals surface area contributed by atoms with E-state index in [9.17, 15) is 4.79 Å². The molecule has 7 heteroatoms. The van der Waals surface area contributed by atoms with E-state index in [4.69, 9.17) is 14.7 Å². The highest BCUT2D eigenvalue weighted by atomic mass is 16.5. The molecule has 0 saturated carbocycles. The first kappa shape index (κ1) is 20.6. The van der Waals surface area contributed by atoms with E-state index in [0.717, 1.165) is 48.6 Å². The van der Waals surface area contributed by atoms with Crippen molar-refractivity contribution in [2.24, 2.45) is 7.05 Å². The van der Waals surface area contributed by atoms with Crippen molar-refractivity contribution in [3.8, 4) is 11.5 Å². The zero-order valence-electron chi connectivity index (χ0n) is 18.7. The van der Waals surface area contributed by atoms with E-state index in [0.29, 0.717) is 17.2 Å². The minimum atomic E-state index is -0.101. The van der Waals surface area contributed by atoms with Crippen molar-refractivity contribution in [1.29, 1.82) is 0 Å². The van der Waals surface area contributed by atoms with Crippen molar-refractivity contribution in [1.82, 2.24) is 24.3 Å². The Bertz CT molecular complexity index is 1290. The van der Waals surface area contributed by atoms with Gasteiger partial charge in [-0.2, -0.15) is 5.10 Å². The Morgan fingerprint density at radius 1 is 1.12 bits per heavy atom. The van der Waals surface area contributed by atoms with Gasteiger partial charge in [-0.25, -0.2) is 9.67 Å². The largest absolute Gasteiger partial charge is 0.381 e. The number of aryl methyl sites for hydroxylation is 2. The van der Waals surface area contributed by atoms with Gasteiger partial charge in [0, 0.05) is 37.4 Å². The molecule has 5 rings (SSSR count). The smallest absolute Gasteiger partial charge is 0.269 e. The van der Waals surface area contributed by atoms with Gasteiger partial charge >= 0.3 is 0 Å². The lowest BCUT2D eigenvalue weighted by Crippen LogP contribution is -2.22. The summed E-state index contributed by atoms with van der Waals surface area (Å²) in [6, 6.07) is 14.4. The Morgan fingerprint density at radius 2 is 1.88 bits per heavy atom. The Morgan fingerprint density at radius 3 is 2.59 bits per heavy atom. The van der Waals surface area contributed by atoms with E-state index >= 15 is 0 Å². The molecule has 1 aromatic carbocycles. The van der Waals surface area contributed by atoms with Crippen LogP contribution in [0, 0.1) is 6.92 Å². The maximum absolute atomic E-state index is 12.2. The summed E-state index contributed by atoms with van der Waals surface area (Å²) in [7, 11) is 1.68. The number of hydrogen-bond acceptors (Lipinski definition) is 5. The van der Waals surface area contributed by atoms with Crippen LogP contribution in [0.25, 0.3) is 22.6 Å². The van der Waals surface area contributed by atoms with Gasteiger partial charge in [0.1, 0.15) is 11.2 Å². The van der Waals surface area contributed by atoms with E-state index in [1.165, 1.54) is 10.2 Å². The topological polar surface area (TPSA) is 74.8 Å². The molecule has 0 bridgehead atoms. The maximum atomic E-state index is 12.2. The minimum absolute atomic E-state index is 0.0282. The summed E-state index contributed by atoms with van der Waals surface area (Å²) < 4.78 is 9.15. The quantitative estimate of drug-likeness (QED) is 0.490. The van der Waals surface area contributed by atoms with E-state index in [1.807, 2.05) is 37.4 Å².